The molecule has 0 bridgehead atoms. The van der Waals surface area contributed by atoms with Gasteiger partial charge in [0.15, 0.2) is 5.96 Å². The first-order chi connectivity index (χ1) is 13.5. The van der Waals surface area contributed by atoms with E-state index in [-0.39, 0.29) is 40.6 Å². The first-order valence-electron chi connectivity index (χ1n) is 9.78. The Balaban J connectivity index is 0.00000300. The number of benzene rings is 1. The van der Waals surface area contributed by atoms with E-state index in [1.807, 2.05) is 6.07 Å². The summed E-state index contributed by atoms with van der Waals surface area (Å²) in [7, 11) is 1.78. The Labute approximate surface area is 194 Å². The Morgan fingerprint density at radius 2 is 1.97 bits per heavy atom. The summed E-state index contributed by atoms with van der Waals surface area (Å²) in [5.74, 6) is 0.579. The van der Waals surface area contributed by atoms with Crippen LogP contribution in [0.25, 0.3) is 0 Å². The molecule has 29 heavy (non-hydrogen) atoms. The number of guanidine groups is 1. The average molecular weight is 531 g/mol. The minimum atomic E-state index is -0.191. The monoisotopic (exact) mass is 531 g/mol. The summed E-state index contributed by atoms with van der Waals surface area (Å²) < 4.78 is 19.4. The van der Waals surface area contributed by atoms with E-state index >= 15 is 0 Å². The van der Waals surface area contributed by atoms with Gasteiger partial charge in [0, 0.05) is 49.1 Å². The molecule has 1 fully saturated rings. The summed E-state index contributed by atoms with van der Waals surface area (Å²) in [6.07, 6.45) is 1.72. The van der Waals surface area contributed by atoms with Crippen LogP contribution in [0.2, 0.25) is 0 Å². The van der Waals surface area contributed by atoms with Crippen LogP contribution < -0.4 is 10.6 Å². The predicted octanol–water partition coefficient (Wildman–Crippen LogP) is 4.70. The summed E-state index contributed by atoms with van der Waals surface area (Å²) in [5.41, 5.74) is 0.893. The first kappa shape index (κ1) is 24.1. The maximum Gasteiger partial charge on any atom is 0.191 e. The van der Waals surface area contributed by atoms with Crippen molar-refractivity contribution in [2.24, 2.45) is 4.99 Å². The van der Waals surface area contributed by atoms with Crippen molar-refractivity contribution in [1.82, 2.24) is 10.6 Å². The molecule has 3 rings (SSSR count). The number of halogens is 2. The molecular formula is C22H31FIN3OS. The number of nitrogens with zero attached hydrogens (tertiary/aromatic N) is 1. The lowest BCUT2D eigenvalue weighted by Gasteiger charge is -2.38. The summed E-state index contributed by atoms with van der Waals surface area (Å²) >= 11 is 1.77. The summed E-state index contributed by atoms with van der Waals surface area (Å²) in [6.45, 7) is 7.31. The second-order valence-corrected chi connectivity index (χ2v) is 8.99. The molecule has 1 aromatic heterocycles. The minimum absolute atomic E-state index is 0. The lowest BCUT2D eigenvalue weighted by molar-refractivity contribution is 0.0513. The zero-order valence-corrected chi connectivity index (χ0v) is 20.5. The Kier molecular flexibility index (Phi) is 8.91. The number of ether oxygens (including phenoxy) is 1. The van der Waals surface area contributed by atoms with Crippen LogP contribution in [-0.4, -0.2) is 39.3 Å². The quantitative estimate of drug-likeness (QED) is 0.323. The molecule has 2 N–H and O–H groups in total. The molecule has 4 nitrogen and oxygen atoms in total. The fraction of sp³-hybridized carbons (Fsp3) is 0.500. The van der Waals surface area contributed by atoms with Crippen molar-refractivity contribution < 1.29 is 9.13 Å². The molecule has 1 saturated heterocycles. The largest absolute Gasteiger partial charge is 0.381 e. The first-order valence-corrected chi connectivity index (χ1v) is 10.7. The molecule has 0 saturated carbocycles. The molecule has 0 aliphatic carbocycles. The Bertz CT molecular complexity index is 789. The molecule has 0 spiro atoms. The van der Waals surface area contributed by atoms with Gasteiger partial charge in [0.1, 0.15) is 5.82 Å². The molecule has 1 aliphatic rings. The van der Waals surface area contributed by atoms with Crippen molar-refractivity contribution in [3.8, 4) is 0 Å². The zero-order chi connectivity index (χ0) is 20.0. The van der Waals surface area contributed by atoms with E-state index in [9.17, 15) is 4.39 Å². The van der Waals surface area contributed by atoms with Gasteiger partial charge < -0.3 is 15.4 Å². The van der Waals surface area contributed by atoms with E-state index in [2.05, 4.69) is 47.0 Å². The van der Waals surface area contributed by atoms with Gasteiger partial charge in [-0.25, -0.2) is 4.39 Å². The van der Waals surface area contributed by atoms with Crippen molar-refractivity contribution in [3.05, 3.63) is 58.0 Å². The van der Waals surface area contributed by atoms with Crippen LogP contribution in [0.1, 0.15) is 37.1 Å². The molecule has 0 unspecified atom stereocenters. The van der Waals surface area contributed by atoms with Crippen molar-refractivity contribution in [2.75, 3.05) is 33.4 Å². The number of nitrogens with one attached hydrogen (secondary N) is 2. The Morgan fingerprint density at radius 3 is 2.59 bits per heavy atom. The van der Waals surface area contributed by atoms with Crippen molar-refractivity contribution in [1.29, 1.82) is 0 Å². The molecule has 1 aliphatic heterocycles. The highest BCUT2D eigenvalue weighted by Gasteiger charge is 2.35. The highest BCUT2D eigenvalue weighted by molar-refractivity contribution is 14.0. The van der Waals surface area contributed by atoms with Crippen molar-refractivity contribution >= 4 is 41.3 Å². The van der Waals surface area contributed by atoms with Crippen LogP contribution in [0, 0.1) is 5.82 Å². The predicted molar refractivity (Wildman–Crippen MR) is 130 cm³/mol. The summed E-state index contributed by atoms with van der Waals surface area (Å²) in [5, 5.41) is 9.05. The highest BCUT2D eigenvalue weighted by Crippen LogP contribution is 2.34. The van der Waals surface area contributed by atoms with E-state index in [1.165, 1.54) is 10.9 Å². The standard InChI is InChI=1S/C22H30FN3OS.HI/c1-21(2,19-8-5-13-28-19)15-25-20(24-3)26-16-22(9-11-27-12-10-22)17-6-4-7-18(23)14-17;/h4-8,13-14H,9-12,15-16H2,1-3H3,(H2,24,25,26);1H. The van der Waals surface area contributed by atoms with Gasteiger partial charge in [-0.15, -0.1) is 35.3 Å². The van der Waals surface area contributed by atoms with Gasteiger partial charge in [-0.05, 0) is 42.0 Å². The van der Waals surface area contributed by atoms with Gasteiger partial charge in [0.25, 0.3) is 0 Å². The van der Waals surface area contributed by atoms with Crippen LogP contribution in [0.5, 0.6) is 0 Å². The number of rotatable bonds is 6. The smallest absolute Gasteiger partial charge is 0.191 e. The van der Waals surface area contributed by atoms with Crippen LogP contribution in [0.15, 0.2) is 46.8 Å². The highest BCUT2D eigenvalue weighted by atomic mass is 127. The second-order valence-electron chi connectivity index (χ2n) is 8.04. The number of hydrogen-bond donors (Lipinski definition) is 2. The number of aliphatic imine (C=N–C) groups is 1. The average Bonchev–Trinajstić information content (AvgIpc) is 3.25. The number of thiophene rings is 1. The molecule has 7 heteroatoms. The molecule has 1 aromatic carbocycles. The SMILES string of the molecule is CN=C(NCC(C)(C)c1cccs1)NCC1(c2cccc(F)c2)CCOCC1.I. The molecule has 2 aromatic rings. The molecule has 160 valence electrons. The molecule has 0 atom stereocenters. The van der Waals surface area contributed by atoms with Crippen LogP contribution in [0.4, 0.5) is 4.39 Å². The Hall–Kier alpha value is -1.19. The summed E-state index contributed by atoms with van der Waals surface area (Å²) in [4.78, 5) is 5.74. The fourth-order valence-electron chi connectivity index (χ4n) is 3.68. The third kappa shape index (κ3) is 6.15. The van der Waals surface area contributed by atoms with E-state index in [1.54, 1.807) is 30.5 Å². The lowest BCUT2D eigenvalue weighted by atomic mass is 9.74. The van der Waals surface area contributed by atoms with Gasteiger partial charge in [-0.1, -0.05) is 32.0 Å². The lowest BCUT2D eigenvalue weighted by Crippen LogP contribution is -2.49. The van der Waals surface area contributed by atoms with Crippen LogP contribution in [-0.2, 0) is 15.6 Å². The van der Waals surface area contributed by atoms with Crippen LogP contribution >= 0.6 is 35.3 Å². The summed E-state index contributed by atoms with van der Waals surface area (Å²) in [6, 6.07) is 11.2. The fourth-order valence-corrected chi connectivity index (χ4v) is 4.53. The van der Waals surface area contributed by atoms with Gasteiger partial charge in [0.05, 0.1) is 0 Å². The third-order valence-electron chi connectivity index (χ3n) is 5.59. The minimum Gasteiger partial charge on any atom is -0.381 e. The molecule has 2 heterocycles. The van der Waals surface area contributed by atoms with Crippen molar-refractivity contribution in [3.63, 3.8) is 0 Å². The molecular weight excluding hydrogens is 500 g/mol. The van der Waals surface area contributed by atoms with E-state index < -0.39 is 0 Å². The second kappa shape index (κ2) is 10.7. The van der Waals surface area contributed by atoms with Crippen molar-refractivity contribution in [2.45, 2.75) is 37.5 Å². The van der Waals surface area contributed by atoms with Gasteiger partial charge in [0.2, 0.25) is 0 Å². The topological polar surface area (TPSA) is 45.7 Å². The maximum absolute atomic E-state index is 13.9. The molecule has 0 radical (unpaired) electrons. The number of hydrogen-bond acceptors (Lipinski definition) is 3. The zero-order valence-electron chi connectivity index (χ0n) is 17.3. The van der Waals surface area contributed by atoms with Gasteiger partial charge >= 0.3 is 0 Å². The van der Waals surface area contributed by atoms with Crippen LogP contribution in [0.3, 0.4) is 0 Å². The third-order valence-corrected chi connectivity index (χ3v) is 6.83. The normalized spacial score (nSPS) is 16.8. The van der Waals surface area contributed by atoms with Gasteiger partial charge in [-0.3, -0.25) is 4.99 Å². The Morgan fingerprint density at radius 1 is 1.21 bits per heavy atom. The van der Waals surface area contributed by atoms with Gasteiger partial charge in [-0.2, -0.15) is 0 Å². The van der Waals surface area contributed by atoms with E-state index in [0.29, 0.717) is 19.8 Å². The molecule has 0 amide bonds. The maximum atomic E-state index is 13.9. The van der Waals surface area contributed by atoms with E-state index in [0.717, 1.165) is 30.9 Å². The van der Waals surface area contributed by atoms with E-state index in [4.69, 9.17) is 4.74 Å².